The first kappa shape index (κ1) is 10.3. The number of nitrogens with one attached hydrogen (secondary N) is 1. The van der Waals surface area contributed by atoms with E-state index >= 15 is 0 Å². The van der Waals surface area contributed by atoms with Gasteiger partial charge in [0, 0.05) is 5.38 Å². The normalized spacial score (nSPS) is 19.5. The average Bonchev–Trinajstić information content (AvgIpc) is 2.79. The van der Waals surface area contributed by atoms with Crippen LogP contribution in [0.25, 0.3) is 0 Å². The maximum atomic E-state index is 5.82. The lowest BCUT2D eigenvalue weighted by atomic mass is 10.2. The van der Waals surface area contributed by atoms with E-state index in [1.54, 1.807) is 0 Å². The van der Waals surface area contributed by atoms with Crippen LogP contribution in [-0.4, -0.2) is 18.5 Å². The maximum Gasteiger partial charge on any atom is 0.0308 e. The summed E-state index contributed by atoms with van der Waals surface area (Å²) in [6.07, 6.45) is 6.69. The lowest BCUT2D eigenvalue weighted by Gasteiger charge is -2.04. The van der Waals surface area contributed by atoms with E-state index in [2.05, 4.69) is 12.2 Å². The van der Waals surface area contributed by atoms with Crippen molar-refractivity contribution < 1.29 is 0 Å². The second-order valence-electron chi connectivity index (χ2n) is 3.91. The van der Waals surface area contributed by atoms with E-state index in [0.29, 0.717) is 5.38 Å². The van der Waals surface area contributed by atoms with Gasteiger partial charge in [0.25, 0.3) is 0 Å². The lowest BCUT2D eigenvalue weighted by Crippen LogP contribution is -2.17. The summed E-state index contributed by atoms with van der Waals surface area (Å²) in [6.45, 7) is 4.41. The van der Waals surface area contributed by atoms with Crippen molar-refractivity contribution in [2.75, 3.05) is 13.1 Å². The summed E-state index contributed by atoms with van der Waals surface area (Å²) >= 11 is 5.82. The highest BCUT2D eigenvalue weighted by atomic mass is 35.5. The summed E-state index contributed by atoms with van der Waals surface area (Å²) in [5.41, 5.74) is 0. The molecule has 1 saturated carbocycles. The first-order valence-electron chi connectivity index (χ1n) is 5.14. The highest BCUT2D eigenvalue weighted by Gasteiger charge is 2.19. The van der Waals surface area contributed by atoms with E-state index < -0.39 is 0 Å². The van der Waals surface area contributed by atoms with Crippen molar-refractivity contribution in [2.45, 2.75) is 44.4 Å². The Labute approximate surface area is 80.9 Å². The third kappa shape index (κ3) is 5.84. The molecule has 0 amide bonds. The minimum Gasteiger partial charge on any atom is -0.317 e. The van der Waals surface area contributed by atoms with Gasteiger partial charge in [-0.3, -0.25) is 0 Å². The van der Waals surface area contributed by atoms with Crippen molar-refractivity contribution in [2.24, 2.45) is 5.92 Å². The topological polar surface area (TPSA) is 12.0 Å². The Morgan fingerprint density at radius 2 is 2.17 bits per heavy atom. The zero-order valence-electron chi connectivity index (χ0n) is 7.98. The molecule has 2 heteroatoms. The molecule has 1 nitrogen and oxygen atoms in total. The van der Waals surface area contributed by atoms with Crippen LogP contribution in [0.1, 0.15) is 39.0 Å². The molecule has 1 N–H and O–H groups in total. The van der Waals surface area contributed by atoms with Gasteiger partial charge in [-0.2, -0.15) is 0 Å². The molecule has 0 aromatic rings. The van der Waals surface area contributed by atoms with Crippen molar-refractivity contribution >= 4 is 11.6 Å². The van der Waals surface area contributed by atoms with Gasteiger partial charge < -0.3 is 5.32 Å². The molecule has 0 heterocycles. The van der Waals surface area contributed by atoms with Crippen LogP contribution < -0.4 is 5.32 Å². The number of hydrogen-bond donors (Lipinski definition) is 1. The Balaban J connectivity index is 1.70. The van der Waals surface area contributed by atoms with E-state index in [1.165, 1.54) is 32.2 Å². The largest absolute Gasteiger partial charge is 0.317 e. The number of alkyl halides is 1. The van der Waals surface area contributed by atoms with E-state index in [-0.39, 0.29) is 0 Å². The van der Waals surface area contributed by atoms with E-state index in [9.17, 15) is 0 Å². The minimum atomic E-state index is 0.343. The quantitative estimate of drug-likeness (QED) is 0.480. The summed E-state index contributed by atoms with van der Waals surface area (Å²) in [4.78, 5) is 0. The van der Waals surface area contributed by atoms with Crippen LogP contribution in [0.2, 0.25) is 0 Å². The predicted molar refractivity (Wildman–Crippen MR) is 54.8 cm³/mol. The maximum absolute atomic E-state index is 5.82. The molecule has 72 valence electrons. The Kier molecular flexibility index (Phi) is 5.01. The van der Waals surface area contributed by atoms with E-state index in [0.717, 1.165) is 18.9 Å². The predicted octanol–water partition coefficient (Wildman–Crippen LogP) is 2.78. The molecular weight excluding hydrogens is 170 g/mol. The van der Waals surface area contributed by atoms with Gasteiger partial charge in [-0.1, -0.05) is 12.8 Å². The second-order valence-corrected chi connectivity index (χ2v) is 4.65. The zero-order valence-corrected chi connectivity index (χ0v) is 8.74. The van der Waals surface area contributed by atoms with E-state index in [4.69, 9.17) is 11.6 Å². The third-order valence-electron chi connectivity index (χ3n) is 2.38. The molecule has 0 spiro atoms. The van der Waals surface area contributed by atoms with Crippen molar-refractivity contribution in [3.63, 3.8) is 0 Å². The SMILES string of the molecule is CC(Cl)CCCNCCC1CC1. The highest BCUT2D eigenvalue weighted by molar-refractivity contribution is 6.20. The summed E-state index contributed by atoms with van der Waals surface area (Å²) < 4.78 is 0. The molecule has 1 aliphatic carbocycles. The van der Waals surface area contributed by atoms with Crippen LogP contribution in [0, 0.1) is 5.92 Å². The third-order valence-corrected chi connectivity index (χ3v) is 2.60. The molecule has 0 aliphatic heterocycles. The van der Waals surface area contributed by atoms with Gasteiger partial charge in [0.15, 0.2) is 0 Å². The van der Waals surface area contributed by atoms with Gasteiger partial charge in [-0.15, -0.1) is 11.6 Å². The molecule has 0 radical (unpaired) electrons. The van der Waals surface area contributed by atoms with Crippen LogP contribution in [0.4, 0.5) is 0 Å². The molecule has 1 aliphatic rings. The molecule has 0 bridgehead atoms. The fourth-order valence-electron chi connectivity index (χ4n) is 1.35. The smallest absolute Gasteiger partial charge is 0.0308 e. The minimum absolute atomic E-state index is 0.343. The Morgan fingerprint density at radius 1 is 1.42 bits per heavy atom. The van der Waals surface area contributed by atoms with Crippen LogP contribution >= 0.6 is 11.6 Å². The Bertz CT molecular complexity index is 104. The average molecular weight is 190 g/mol. The molecule has 0 saturated heterocycles. The number of rotatable bonds is 7. The fourth-order valence-corrected chi connectivity index (χ4v) is 1.50. The molecule has 1 atom stereocenters. The molecule has 0 aromatic heterocycles. The van der Waals surface area contributed by atoms with Crippen LogP contribution in [0.5, 0.6) is 0 Å². The first-order valence-corrected chi connectivity index (χ1v) is 5.57. The van der Waals surface area contributed by atoms with Crippen molar-refractivity contribution in [3.8, 4) is 0 Å². The van der Waals surface area contributed by atoms with Crippen molar-refractivity contribution in [1.29, 1.82) is 0 Å². The molecule has 1 fully saturated rings. The van der Waals surface area contributed by atoms with Crippen molar-refractivity contribution in [1.82, 2.24) is 5.32 Å². The van der Waals surface area contributed by atoms with Gasteiger partial charge in [0.05, 0.1) is 0 Å². The van der Waals surface area contributed by atoms with E-state index in [1.807, 2.05) is 0 Å². The monoisotopic (exact) mass is 189 g/mol. The zero-order chi connectivity index (χ0) is 8.81. The van der Waals surface area contributed by atoms with Crippen LogP contribution in [0.3, 0.4) is 0 Å². The number of halogens is 1. The summed E-state index contributed by atoms with van der Waals surface area (Å²) in [7, 11) is 0. The molecule has 12 heavy (non-hydrogen) atoms. The van der Waals surface area contributed by atoms with Crippen molar-refractivity contribution in [3.05, 3.63) is 0 Å². The highest BCUT2D eigenvalue weighted by Crippen LogP contribution is 2.31. The Morgan fingerprint density at radius 3 is 2.75 bits per heavy atom. The first-order chi connectivity index (χ1) is 5.79. The standard InChI is InChI=1S/C10H20ClN/c1-9(11)3-2-7-12-8-6-10-4-5-10/h9-10,12H,2-8H2,1H3. The van der Waals surface area contributed by atoms with Gasteiger partial charge in [0.2, 0.25) is 0 Å². The van der Waals surface area contributed by atoms with Gasteiger partial charge in [-0.25, -0.2) is 0 Å². The summed E-state index contributed by atoms with van der Waals surface area (Å²) in [6, 6.07) is 0. The fraction of sp³-hybridized carbons (Fsp3) is 1.00. The van der Waals surface area contributed by atoms with Gasteiger partial charge in [-0.05, 0) is 45.2 Å². The summed E-state index contributed by atoms with van der Waals surface area (Å²) in [5.74, 6) is 1.06. The second kappa shape index (κ2) is 5.82. The summed E-state index contributed by atoms with van der Waals surface area (Å²) in [5, 5.41) is 3.80. The van der Waals surface area contributed by atoms with Crippen LogP contribution in [0.15, 0.2) is 0 Å². The molecule has 0 aromatic carbocycles. The number of hydrogen-bond acceptors (Lipinski definition) is 1. The molecular formula is C10H20ClN. The molecule has 1 rings (SSSR count). The van der Waals surface area contributed by atoms with Gasteiger partial charge >= 0.3 is 0 Å². The van der Waals surface area contributed by atoms with Gasteiger partial charge in [0.1, 0.15) is 0 Å². The Hall–Kier alpha value is 0.250. The molecule has 1 unspecified atom stereocenters. The lowest BCUT2D eigenvalue weighted by molar-refractivity contribution is 0.580. The van der Waals surface area contributed by atoms with Crippen LogP contribution in [-0.2, 0) is 0 Å².